The fourth-order valence-electron chi connectivity index (χ4n) is 6.95. The molecule has 246 valence electrons. The van der Waals surface area contributed by atoms with Gasteiger partial charge < -0.3 is 25.4 Å². The first kappa shape index (κ1) is 35.0. The van der Waals surface area contributed by atoms with E-state index in [4.69, 9.17) is 16.3 Å². The summed E-state index contributed by atoms with van der Waals surface area (Å²) in [6.45, 7) is 4.71. The molecule has 5 rings (SSSR count). The van der Waals surface area contributed by atoms with E-state index in [1.165, 1.54) is 6.42 Å². The topological polar surface area (TPSA) is 111 Å². The van der Waals surface area contributed by atoms with Crippen LogP contribution >= 0.6 is 24.0 Å². The molecule has 0 unspecified atom stereocenters. The third-order valence-corrected chi connectivity index (χ3v) is 9.92. The average Bonchev–Trinajstić information content (AvgIpc) is 3.05. The Labute approximate surface area is 277 Å². The van der Waals surface area contributed by atoms with Gasteiger partial charge in [0, 0.05) is 38.8 Å². The van der Waals surface area contributed by atoms with Crippen molar-refractivity contribution in [3.05, 3.63) is 58.6 Å². The Morgan fingerprint density at radius 2 is 1.80 bits per heavy atom. The molecular formula is C34H46Cl2N4O5. The Kier molecular flexibility index (Phi) is 12.2. The monoisotopic (exact) mass is 660 g/mol. The number of carbonyl (C=O) groups excluding carboxylic acids is 3. The molecule has 1 saturated carbocycles. The van der Waals surface area contributed by atoms with Crippen LogP contribution in [-0.2, 0) is 16.1 Å². The fourth-order valence-corrected chi connectivity index (χ4v) is 7.17. The zero-order valence-corrected chi connectivity index (χ0v) is 27.8. The molecule has 9 nitrogen and oxygen atoms in total. The van der Waals surface area contributed by atoms with Crippen molar-refractivity contribution in [3.8, 4) is 11.5 Å². The molecule has 0 radical (unpaired) electrons. The maximum Gasteiger partial charge on any atom is 0.251 e. The van der Waals surface area contributed by atoms with Crippen LogP contribution in [0.5, 0.6) is 11.5 Å². The van der Waals surface area contributed by atoms with Crippen molar-refractivity contribution in [1.29, 1.82) is 0 Å². The lowest BCUT2D eigenvalue weighted by Gasteiger charge is -2.52. The summed E-state index contributed by atoms with van der Waals surface area (Å²) in [5, 5.41) is 17.1. The number of piperidine rings is 1. The molecule has 3 amide bonds. The summed E-state index contributed by atoms with van der Waals surface area (Å²) in [6, 6.07) is 11.9. The standard InChI is InChI=1S/C34H45ClN4O5.ClH/c1-3-4-18-39-32(42)29(30(40)24-8-6-5-7-9-24)37-33(43)34(39)16-19-38(20-17-34)22-23-10-13-26(14-11-23)44-28-15-12-25(21-27(28)35)31(41)36-2;/h10-15,21,24,29-30,40H,3-9,16-20,22H2,1-2H3,(H,36,41)(H,37,43);1H/t29-,30-;/m1./s1. The number of unbranched alkanes of at least 4 members (excludes halogenated alkanes) is 1. The van der Waals surface area contributed by atoms with Crippen molar-refractivity contribution in [2.24, 2.45) is 5.92 Å². The van der Waals surface area contributed by atoms with Gasteiger partial charge in [0.05, 0.1) is 11.1 Å². The van der Waals surface area contributed by atoms with Gasteiger partial charge in [-0.3, -0.25) is 19.3 Å². The van der Waals surface area contributed by atoms with E-state index in [9.17, 15) is 19.5 Å². The van der Waals surface area contributed by atoms with Crippen LogP contribution < -0.4 is 15.4 Å². The Morgan fingerprint density at radius 1 is 1.11 bits per heavy atom. The molecule has 11 heteroatoms. The molecule has 3 N–H and O–H groups in total. The number of hydrogen-bond acceptors (Lipinski definition) is 6. The van der Waals surface area contributed by atoms with Crippen molar-refractivity contribution >= 4 is 41.7 Å². The van der Waals surface area contributed by atoms with Crippen LogP contribution in [-0.4, -0.2) is 77.0 Å². The van der Waals surface area contributed by atoms with Gasteiger partial charge in [-0.1, -0.05) is 56.3 Å². The third kappa shape index (κ3) is 7.76. The van der Waals surface area contributed by atoms with Crippen molar-refractivity contribution in [2.75, 3.05) is 26.7 Å². The SMILES string of the molecule is CCCCN1C(=O)[C@@H]([C@H](O)C2CCCCC2)NC(=O)C12CCN(Cc1ccc(Oc3ccc(C(=O)NC)cc3Cl)cc1)CC2.Cl. The molecule has 3 aliphatic rings. The Balaban J connectivity index is 0.00000461. The second-order valence-electron chi connectivity index (χ2n) is 12.5. The zero-order valence-electron chi connectivity index (χ0n) is 26.2. The van der Waals surface area contributed by atoms with Crippen LogP contribution in [0.1, 0.15) is 80.6 Å². The van der Waals surface area contributed by atoms with E-state index >= 15 is 0 Å². The second-order valence-corrected chi connectivity index (χ2v) is 12.9. The largest absolute Gasteiger partial charge is 0.456 e. The van der Waals surface area contributed by atoms with Crippen LogP contribution in [0.2, 0.25) is 5.02 Å². The van der Waals surface area contributed by atoms with Gasteiger partial charge in [0.25, 0.3) is 5.91 Å². The van der Waals surface area contributed by atoms with Gasteiger partial charge in [-0.15, -0.1) is 12.4 Å². The van der Waals surface area contributed by atoms with E-state index in [0.29, 0.717) is 61.1 Å². The zero-order chi connectivity index (χ0) is 31.3. The molecule has 2 aromatic carbocycles. The molecule has 3 fully saturated rings. The van der Waals surface area contributed by atoms with E-state index < -0.39 is 17.7 Å². The van der Waals surface area contributed by atoms with Gasteiger partial charge in [0.1, 0.15) is 23.1 Å². The van der Waals surface area contributed by atoms with E-state index in [0.717, 1.165) is 44.1 Å². The first-order chi connectivity index (χ1) is 21.3. The maximum atomic E-state index is 13.9. The van der Waals surface area contributed by atoms with E-state index in [1.54, 1.807) is 25.2 Å². The summed E-state index contributed by atoms with van der Waals surface area (Å²) in [6.07, 6.45) is 7.15. The van der Waals surface area contributed by atoms with E-state index in [1.807, 2.05) is 29.2 Å². The highest BCUT2D eigenvalue weighted by atomic mass is 35.5. The highest BCUT2D eigenvalue weighted by Gasteiger charge is 2.55. The summed E-state index contributed by atoms with van der Waals surface area (Å²) < 4.78 is 5.95. The number of aliphatic hydroxyl groups is 1. The van der Waals surface area contributed by atoms with Gasteiger partial charge in [-0.25, -0.2) is 0 Å². The molecular weight excluding hydrogens is 615 g/mol. The highest BCUT2D eigenvalue weighted by Crippen LogP contribution is 2.37. The Morgan fingerprint density at radius 3 is 2.42 bits per heavy atom. The molecule has 1 aliphatic carbocycles. The molecule has 2 saturated heterocycles. The van der Waals surface area contributed by atoms with Crippen LogP contribution in [0.15, 0.2) is 42.5 Å². The van der Waals surface area contributed by atoms with Crippen molar-refractivity contribution in [2.45, 2.75) is 88.9 Å². The quantitative estimate of drug-likeness (QED) is 0.318. The minimum Gasteiger partial charge on any atom is -0.456 e. The predicted molar refractivity (Wildman–Crippen MR) is 177 cm³/mol. The minimum absolute atomic E-state index is 0. The van der Waals surface area contributed by atoms with Gasteiger partial charge in [0.2, 0.25) is 11.8 Å². The lowest BCUT2D eigenvalue weighted by atomic mass is 9.78. The van der Waals surface area contributed by atoms with Crippen molar-refractivity contribution < 1.29 is 24.2 Å². The number of halogens is 2. The number of rotatable bonds is 10. The van der Waals surface area contributed by atoms with E-state index in [2.05, 4.69) is 22.5 Å². The summed E-state index contributed by atoms with van der Waals surface area (Å²) in [4.78, 5) is 43.6. The number of aliphatic hydroxyl groups excluding tert-OH is 1. The highest BCUT2D eigenvalue weighted by molar-refractivity contribution is 6.32. The number of hydrogen-bond donors (Lipinski definition) is 3. The van der Waals surface area contributed by atoms with Crippen LogP contribution in [0.25, 0.3) is 0 Å². The molecule has 2 aromatic rings. The van der Waals surface area contributed by atoms with Gasteiger partial charge in [-0.05, 0) is 73.9 Å². The molecule has 0 aromatic heterocycles. The fraction of sp³-hybridized carbons (Fsp3) is 0.559. The second kappa shape index (κ2) is 15.6. The molecule has 2 atom stereocenters. The number of nitrogens with one attached hydrogen (secondary N) is 2. The molecule has 2 heterocycles. The van der Waals surface area contributed by atoms with Gasteiger partial charge in [0.15, 0.2) is 0 Å². The normalized spacial score (nSPS) is 21.2. The maximum absolute atomic E-state index is 13.9. The number of amides is 3. The smallest absolute Gasteiger partial charge is 0.251 e. The molecule has 2 aliphatic heterocycles. The number of nitrogens with zero attached hydrogens (tertiary/aromatic N) is 2. The van der Waals surface area contributed by atoms with E-state index in [-0.39, 0.29) is 36.0 Å². The van der Waals surface area contributed by atoms with Gasteiger partial charge in [-0.2, -0.15) is 0 Å². The van der Waals surface area contributed by atoms with Crippen molar-refractivity contribution in [3.63, 3.8) is 0 Å². The number of piperazine rings is 1. The number of ether oxygens (including phenoxy) is 1. The van der Waals surface area contributed by atoms with Crippen LogP contribution in [0.3, 0.4) is 0 Å². The lowest BCUT2D eigenvalue weighted by Crippen LogP contribution is -2.75. The first-order valence-electron chi connectivity index (χ1n) is 16.1. The molecule has 45 heavy (non-hydrogen) atoms. The first-order valence-corrected chi connectivity index (χ1v) is 16.4. The van der Waals surface area contributed by atoms with Crippen molar-refractivity contribution in [1.82, 2.24) is 20.4 Å². The number of benzene rings is 2. The predicted octanol–water partition coefficient (Wildman–Crippen LogP) is 5.32. The Hall–Kier alpha value is -2.85. The summed E-state index contributed by atoms with van der Waals surface area (Å²) in [5.74, 6) is 0.711. The number of carbonyl (C=O) groups is 3. The average molecular weight is 662 g/mol. The third-order valence-electron chi connectivity index (χ3n) is 9.63. The summed E-state index contributed by atoms with van der Waals surface area (Å²) >= 11 is 6.34. The minimum atomic E-state index is -0.865. The van der Waals surface area contributed by atoms with Gasteiger partial charge >= 0.3 is 0 Å². The number of likely N-dealkylation sites (tertiary alicyclic amines) is 1. The lowest BCUT2D eigenvalue weighted by molar-refractivity contribution is -0.166. The Bertz CT molecular complexity index is 1330. The summed E-state index contributed by atoms with van der Waals surface area (Å²) in [5.41, 5.74) is 0.705. The molecule has 0 bridgehead atoms. The van der Waals surface area contributed by atoms with Crippen LogP contribution in [0.4, 0.5) is 0 Å². The summed E-state index contributed by atoms with van der Waals surface area (Å²) in [7, 11) is 1.57. The van der Waals surface area contributed by atoms with Crippen LogP contribution in [0, 0.1) is 5.92 Å². The molecule has 1 spiro atoms.